The van der Waals surface area contributed by atoms with Gasteiger partial charge in [-0.3, -0.25) is 14.2 Å². The van der Waals surface area contributed by atoms with Gasteiger partial charge in [-0.05, 0) is 30.2 Å². The Morgan fingerprint density at radius 2 is 1.83 bits per heavy atom. The Kier molecular flexibility index (Phi) is 5.46. The van der Waals surface area contributed by atoms with Crippen LogP contribution < -0.4 is 5.56 Å². The van der Waals surface area contributed by atoms with Crippen LogP contribution in [0.1, 0.15) is 11.1 Å². The predicted molar refractivity (Wildman–Crippen MR) is 117 cm³/mol. The highest BCUT2D eigenvalue weighted by molar-refractivity contribution is 7.17. The fourth-order valence-electron chi connectivity index (χ4n) is 3.24. The molecule has 152 valence electrons. The van der Waals surface area contributed by atoms with E-state index in [2.05, 4.69) is 4.98 Å². The molecule has 30 heavy (non-hydrogen) atoms. The third kappa shape index (κ3) is 4.02. The summed E-state index contributed by atoms with van der Waals surface area (Å²) in [6.07, 6.45) is 1.42. The monoisotopic (exact) mass is 421 g/mol. The SMILES string of the molecule is Cc1ccc(-c2csc3ncn(CC(=O)N(C)Cc4ccc(F)cc4)c(=O)c23)cc1. The summed E-state index contributed by atoms with van der Waals surface area (Å²) in [4.78, 5) is 32.3. The number of aryl methyl sites for hydroxylation is 1. The Labute approximate surface area is 177 Å². The number of carbonyl (C=O) groups excluding carboxylic acids is 1. The minimum absolute atomic E-state index is 0.108. The van der Waals surface area contributed by atoms with Crippen molar-refractivity contribution in [3.8, 4) is 11.1 Å². The number of benzene rings is 2. The van der Waals surface area contributed by atoms with Crippen LogP contribution in [0.4, 0.5) is 4.39 Å². The number of fused-ring (bicyclic) bond motifs is 1. The van der Waals surface area contributed by atoms with Gasteiger partial charge in [-0.1, -0.05) is 42.0 Å². The molecule has 5 nitrogen and oxygen atoms in total. The average molecular weight is 421 g/mol. The van der Waals surface area contributed by atoms with E-state index in [-0.39, 0.29) is 23.8 Å². The molecule has 0 fully saturated rings. The van der Waals surface area contributed by atoms with Crippen molar-refractivity contribution in [1.29, 1.82) is 0 Å². The minimum Gasteiger partial charge on any atom is -0.340 e. The molecule has 2 aromatic carbocycles. The van der Waals surface area contributed by atoms with Crippen LogP contribution in [0.25, 0.3) is 21.3 Å². The van der Waals surface area contributed by atoms with E-state index in [0.29, 0.717) is 16.8 Å². The molecule has 0 saturated carbocycles. The van der Waals surface area contributed by atoms with E-state index in [4.69, 9.17) is 0 Å². The standard InChI is InChI=1S/C23H20FN3O2S/c1-15-3-7-17(8-4-15)19-13-30-22-21(19)23(29)27(14-25-22)12-20(28)26(2)11-16-5-9-18(24)10-6-16/h3-10,13-14H,11-12H2,1-2H3. The molecule has 2 aromatic heterocycles. The van der Waals surface area contributed by atoms with Gasteiger partial charge in [-0.15, -0.1) is 11.3 Å². The van der Waals surface area contributed by atoms with Crippen LogP contribution in [0, 0.1) is 12.7 Å². The second-order valence-corrected chi connectivity index (χ2v) is 8.11. The van der Waals surface area contributed by atoms with E-state index in [1.54, 1.807) is 19.2 Å². The molecule has 0 bridgehead atoms. The average Bonchev–Trinajstić information content (AvgIpc) is 3.17. The second-order valence-electron chi connectivity index (χ2n) is 7.25. The van der Waals surface area contributed by atoms with Crippen LogP contribution in [-0.2, 0) is 17.9 Å². The quantitative estimate of drug-likeness (QED) is 0.485. The van der Waals surface area contributed by atoms with Gasteiger partial charge in [0.05, 0.1) is 11.7 Å². The van der Waals surface area contributed by atoms with Gasteiger partial charge in [0.25, 0.3) is 5.56 Å². The Morgan fingerprint density at radius 3 is 2.53 bits per heavy atom. The summed E-state index contributed by atoms with van der Waals surface area (Å²) in [5.74, 6) is -0.548. The molecule has 0 aliphatic heterocycles. The number of halogens is 1. The molecule has 0 atom stereocenters. The van der Waals surface area contributed by atoms with Crippen molar-refractivity contribution in [2.24, 2.45) is 0 Å². The maximum atomic E-state index is 13.1. The van der Waals surface area contributed by atoms with E-state index in [9.17, 15) is 14.0 Å². The molecular weight excluding hydrogens is 401 g/mol. The molecule has 0 saturated heterocycles. The summed E-state index contributed by atoms with van der Waals surface area (Å²) < 4.78 is 14.4. The molecule has 0 N–H and O–H groups in total. The van der Waals surface area contributed by atoms with Gasteiger partial charge in [-0.2, -0.15) is 0 Å². The van der Waals surface area contributed by atoms with Gasteiger partial charge in [0.2, 0.25) is 5.91 Å². The molecule has 1 amide bonds. The van der Waals surface area contributed by atoms with Crippen LogP contribution in [0.15, 0.2) is 65.0 Å². The predicted octanol–water partition coefficient (Wildman–Crippen LogP) is 4.23. The van der Waals surface area contributed by atoms with Gasteiger partial charge in [0.1, 0.15) is 17.2 Å². The molecule has 4 rings (SSSR count). The molecule has 0 aliphatic rings. The van der Waals surface area contributed by atoms with E-state index in [1.807, 2.05) is 36.6 Å². The zero-order valence-corrected chi connectivity index (χ0v) is 17.4. The minimum atomic E-state index is -0.321. The Hall–Kier alpha value is -3.32. The first kappa shape index (κ1) is 20.0. The summed E-state index contributed by atoms with van der Waals surface area (Å²) in [5, 5.41) is 2.46. The number of rotatable bonds is 5. The van der Waals surface area contributed by atoms with Gasteiger partial charge in [0, 0.05) is 24.5 Å². The lowest BCUT2D eigenvalue weighted by Gasteiger charge is -2.18. The highest BCUT2D eigenvalue weighted by atomic mass is 32.1. The molecular formula is C23H20FN3O2S. The number of hydrogen-bond acceptors (Lipinski definition) is 4. The summed E-state index contributed by atoms with van der Waals surface area (Å²) in [6.45, 7) is 2.23. The van der Waals surface area contributed by atoms with Crippen LogP contribution in [-0.4, -0.2) is 27.4 Å². The van der Waals surface area contributed by atoms with Gasteiger partial charge in [0.15, 0.2) is 0 Å². The van der Waals surface area contributed by atoms with Crippen molar-refractivity contribution in [3.05, 3.63) is 87.5 Å². The first-order valence-electron chi connectivity index (χ1n) is 9.44. The maximum absolute atomic E-state index is 13.1. The van der Waals surface area contributed by atoms with Crippen molar-refractivity contribution in [1.82, 2.24) is 14.5 Å². The van der Waals surface area contributed by atoms with Crippen LogP contribution in [0.5, 0.6) is 0 Å². The summed E-state index contributed by atoms with van der Waals surface area (Å²) in [7, 11) is 1.66. The second kappa shape index (κ2) is 8.20. The molecule has 0 aliphatic carbocycles. The van der Waals surface area contributed by atoms with Crippen LogP contribution in [0.3, 0.4) is 0 Å². The third-order valence-electron chi connectivity index (χ3n) is 4.99. The maximum Gasteiger partial charge on any atom is 0.263 e. The van der Waals surface area contributed by atoms with Crippen molar-refractivity contribution >= 4 is 27.5 Å². The van der Waals surface area contributed by atoms with E-state index in [0.717, 1.165) is 22.3 Å². The molecule has 4 aromatic rings. The number of thiophene rings is 1. The van der Waals surface area contributed by atoms with E-state index in [1.165, 1.54) is 39.3 Å². The van der Waals surface area contributed by atoms with Crippen LogP contribution in [0.2, 0.25) is 0 Å². The summed E-state index contributed by atoms with van der Waals surface area (Å²) in [6, 6.07) is 14.0. The summed E-state index contributed by atoms with van der Waals surface area (Å²) in [5.41, 5.74) is 3.49. The molecule has 7 heteroatoms. The lowest BCUT2D eigenvalue weighted by Crippen LogP contribution is -2.33. The van der Waals surface area contributed by atoms with E-state index < -0.39 is 0 Å². The molecule has 0 radical (unpaired) electrons. The fraction of sp³-hybridized carbons (Fsp3) is 0.174. The normalized spacial score (nSPS) is 11.0. The van der Waals surface area contributed by atoms with Gasteiger partial charge in [-0.25, -0.2) is 9.37 Å². The van der Waals surface area contributed by atoms with Crippen molar-refractivity contribution in [3.63, 3.8) is 0 Å². The number of aromatic nitrogens is 2. The number of likely N-dealkylation sites (N-methyl/N-ethyl adjacent to an activating group) is 1. The van der Waals surface area contributed by atoms with Gasteiger partial charge < -0.3 is 4.90 Å². The number of hydrogen-bond donors (Lipinski definition) is 0. The van der Waals surface area contributed by atoms with Crippen LogP contribution >= 0.6 is 11.3 Å². The Bertz CT molecular complexity index is 1260. The number of carbonyl (C=O) groups is 1. The van der Waals surface area contributed by atoms with E-state index >= 15 is 0 Å². The highest BCUT2D eigenvalue weighted by Gasteiger charge is 2.16. The Morgan fingerprint density at radius 1 is 1.13 bits per heavy atom. The smallest absolute Gasteiger partial charge is 0.263 e. The molecule has 2 heterocycles. The fourth-order valence-corrected chi connectivity index (χ4v) is 4.15. The largest absolute Gasteiger partial charge is 0.340 e. The van der Waals surface area contributed by atoms with Crippen molar-refractivity contribution in [2.45, 2.75) is 20.0 Å². The van der Waals surface area contributed by atoms with Gasteiger partial charge >= 0.3 is 0 Å². The van der Waals surface area contributed by atoms with Crippen molar-refractivity contribution < 1.29 is 9.18 Å². The lowest BCUT2D eigenvalue weighted by molar-refractivity contribution is -0.131. The van der Waals surface area contributed by atoms with Crippen molar-refractivity contribution in [2.75, 3.05) is 7.05 Å². The summed E-state index contributed by atoms with van der Waals surface area (Å²) >= 11 is 1.41. The molecule has 0 spiro atoms. The molecule has 0 unspecified atom stereocenters. The number of amides is 1. The topological polar surface area (TPSA) is 55.2 Å². The zero-order valence-electron chi connectivity index (χ0n) is 16.6. The highest BCUT2D eigenvalue weighted by Crippen LogP contribution is 2.30. The zero-order chi connectivity index (χ0) is 21.3. The first-order valence-corrected chi connectivity index (χ1v) is 10.3. The lowest BCUT2D eigenvalue weighted by atomic mass is 10.1. The number of nitrogens with zero attached hydrogens (tertiary/aromatic N) is 3. The first-order chi connectivity index (χ1) is 14.4. The third-order valence-corrected chi connectivity index (χ3v) is 5.87. The Balaban J connectivity index is 1.59.